The number of aromatic nitrogens is 2. The molecule has 1 aromatic heterocycles. The van der Waals surface area contributed by atoms with Gasteiger partial charge in [0.25, 0.3) is 5.91 Å². The average Bonchev–Trinajstić information content (AvgIpc) is 2.88. The molecule has 198 valence electrons. The topological polar surface area (TPSA) is 165 Å². The number of nitrogens with one attached hydrogen (secondary N) is 2. The molecule has 0 spiro atoms. The van der Waals surface area contributed by atoms with Gasteiger partial charge in [0, 0.05) is 37.6 Å². The van der Waals surface area contributed by atoms with Gasteiger partial charge in [-0.25, -0.2) is 26.8 Å². The van der Waals surface area contributed by atoms with Crippen molar-refractivity contribution in [3.05, 3.63) is 71.5 Å². The molecular weight excluding hydrogens is 530 g/mol. The van der Waals surface area contributed by atoms with Crippen LogP contribution in [0.15, 0.2) is 59.5 Å². The smallest absolute Gasteiger partial charge is 0.257 e. The highest BCUT2D eigenvalue weighted by molar-refractivity contribution is 7.92. The zero-order valence-electron chi connectivity index (χ0n) is 20.6. The second-order valence-electron chi connectivity index (χ2n) is 8.60. The van der Waals surface area contributed by atoms with Gasteiger partial charge >= 0.3 is 0 Å². The van der Waals surface area contributed by atoms with E-state index in [0.717, 1.165) is 6.26 Å². The first kappa shape index (κ1) is 27.0. The van der Waals surface area contributed by atoms with E-state index in [4.69, 9.17) is 5.26 Å². The fraction of sp³-hybridized carbons (Fsp3) is 0.250. The molecule has 1 amide bonds. The first-order valence-electron chi connectivity index (χ1n) is 11.5. The maximum absolute atomic E-state index is 13.2. The van der Waals surface area contributed by atoms with Gasteiger partial charge in [0.2, 0.25) is 26.0 Å². The van der Waals surface area contributed by atoms with Gasteiger partial charge in [0.1, 0.15) is 11.8 Å². The monoisotopic (exact) mass is 555 g/mol. The Bertz CT molecular complexity index is 1610. The van der Waals surface area contributed by atoms with Crippen LogP contribution in [0.3, 0.4) is 0 Å². The third-order valence-electron chi connectivity index (χ3n) is 5.70. The first-order chi connectivity index (χ1) is 18.0. The molecule has 0 atom stereocenters. The summed E-state index contributed by atoms with van der Waals surface area (Å²) in [4.78, 5) is 23.2. The van der Waals surface area contributed by atoms with Gasteiger partial charge in [-0.1, -0.05) is 12.1 Å². The minimum absolute atomic E-state index is 0.0710. The van der Waals surface area contributed by atoms with Crippen molar-refractivity contribution >= 4 is 43.3 Å². The van der Waals surface area contributed by atoms with Gasteiger partial charge in [-0.2, -0.15) is 9.57 Å². The van der Waals surface area contributed by atoms with E-state index in [2.05, 4.69) is 20.0 Å². The minimum Gasteiger partial charge on any atom is -0.338 e. The van der Waals surface area contributed by atoms with E-state index in [1.807, 2.05) is 11.0 Å². The zero-order valence-corrected chi connectivity index (χ0v) is 22.3. The molecule has 2 N–H and O–H groups in total. The summed E-state index contributed by atoms with van der Waals surface area (Å²) >= 11 is 0. The number of sulfonamides is 2. The van der Waals surface area contributed by atoms with Crippen LogP contribution in [0.2, 0.25) is 0 Å². The SMILES string of the molecule is Cc1cc(C#N)nc(N2CCN(S(=O)(=O)c3ccc(NC(=O)c4ccccc4NS(C)(=O)=O)cc3)CC2)n1. The number of hydrogen-bond donors (Lipinski definition) is 2. The van der Waals surface area contributed by atoms with E-state index in [1.165, 1.54) is 40.7 Å². The lowest BCUT2D eigenvalue weighted by molar-refractivity contribution is 0.102. The van der Waals surface area contributed by atoms with Crippen molar-refractivity contribution in [3.63, 3.8) is 0 Å². The highest BCUT2D eigenvalue weighted by Gasteiger charge is 2.29. The molecule has 4 rings (SSSR count). The van der Waals surface area contributed by atoms with Crippen LogP contribution < -0.4 is 14.9 Å². The number of nitriles is 1. The lowest BCUT2D eigenvalue weighted by Crippen LogP contribution is -2.49. The molecule has 2 heterocycles. The number of aryl methyl sites for hydroxylation is 1. The van der Waals surface area contributed by atoms with Crippen molar-refractivity contribution in [1.82, 2.24) is 14.3 Å². The standard InChI is InChI=1S/C24H25N7O5S2/c1-17-15-19(16-25)28-24(26-17)30-11-13-31(14-12-30)38(35,36)20-9-7-18(8-10-20)27-23(32)21-5-3-4-6-22(21)29-37(2,33)34/h3-10,15,29H,11-14H2,1-2H3,(H,27,32). The summed E-state index contributed by atoms with van der Waals surface area (Å²) in [6, 6.07) is 15.5. The van der Waals surface area contributed by atoms with E-state index in [1.54, 1.807) is 25.1 Å². The summed E-state index contributed by atoms with van der Waals surface area (Å²) in [5.74, 6) is -0.159. The van der Waals surface area contributed by atoms with Gasteiger partial charge in [0.15, 0.2) is 0 Å². The summed E-state index contributed by atoms with van der Waals surface area (Å²) in [5, 5.41) is 11.8. The highest BCUT2D eigenvalue weighted by atomic mass is 32.2. The zero-order chi connectivity index (χ0) is 27.5. The average molecular weight is 556 g/mol. The second kappa shape index (κ2) is 10.7. The van der Waals surface area contributed by atoms with Crippen molar-refractivity contribution in [2.75, 3.05) is 47.4 Å². The second-order valence-corrected chi connectivity index (χ2v) is 12.3. The van der Waals surface area contributed by atoms with E-state index < -0.39 is 26.0 Å². The number of piperazine rings is 1. The van der Waals surface area contributed by atoms with Crippen molar-refractivity contribution in [1.29, 1.82) is 5.26 Å². The largest absolute Gasteiger partial charge is 0.338 e. The fourth-order valence-electron chi connectivity index (χ4n) is 3.91. The third kappa shape index (κ3) is 6.25. The molecule has 0 radical (unpaired) electrons. The highest BCUT2D eigenvalue weighted by Crippen LogP contribution is 2.23. The Kier molecular flexibility index (Phi) is 7.63. The number of hydrogen-bond acceptors (Lipinski definition) is 9. The number of anilines is 3. The molecule has 1 aliphatic heterocycles. The summed E-state index contributed by atoms with van der Waals surface area (Å²) in [6.45, 7) is 2.92. The Morgan fingerprint density at radius 2 is 1.63 bits per heavy atom. The van der Waals surface area contributed by atoms with E-state index in [9.17, 15) is 21.6 Å². The van der Waals surface area contributed by atoms with Crippen molar-refractivity contribution in [3.8, 4) is 6.07 Å². The number of benzene rings is 2. The summed E-state index contributed by atoms with van der Waals surface area (Å²) < 4.78 is 53.3. The molecule has 0 unspecified atom stereocenters. The van der Waals surface area contributed by atoms with E-state index >= 15 is 0 Å². The third-order valence-corrected chi connectivity index (χ3v) is 8.20. The predicted molar refractivity (Wildman–Crippen MR) is 142 cm³/mol. The Hall–Kier alpha value is -4.06. The van der Waals surface area contributed by atoms with Crippen LogP contribution in [-0.4, -0.2) is 69.5 Å². The van der Waals surface area contributed by atoms with Gasteiger partial charge in [-0.15, -0.1) is 0 Å². The molecule has 0 saturated carbocycles. The molecule has 0 bridgehead atoms. The Labute approximate surface area is 221 Å². The van der Waals surface area contributed by atoms with Gasteiger partial charge in [-0.05, 0) is 49.4 Å². The van der Waals surface area contributed by atoms with Gasteiger partial charge < -0.3 is 10.2 Å². The lowest BCUT2D eigenvalue weighted by Gasteiger charge is -2.34. The van der Waals surface area contributed by atoms with Crippen LogP contribution in [0.1, 0.15) is 21.7 Å². The molecule has 3 aromatic rings. The molecule has 1 aliphatic rings. The van der Waals surface area contributed by atoms with E-state index in [0.29, 0.717) is 30.4 Å². The Balaban J connectivity index is 1.43. The number of nitrogens with zero attached hydrogens (tertiary/aromatic N) is 5. The summed E-state index contributed by atoms with van der Waals surface area (Å²) in [6.07, 6.45) is 0.988. The van der Waals surface area contributed by atoms with Gasteiger partial charge in [-0.3, -0.25) is 9.52 Å². The maximum Gasteiger partial charge on any atom is 0.257 e. The van der Waals surface area contributed by atoms with Gasteiger partial charge in [0.05, 0.1) is 22.4 Å². The Morgan fingerprint density at radius 3 is 2.26 bits per heavy atom. The lowest BCUT2D eigenvalue weighted by atomic mass is 10.1. The number of para-hydroxylation sites is 1. The van der Waals surface area contributed by atoms with Crippen molar-refractivity contribution < 1.29 is 21.6 Å². The first-order valence-corrected chi connectivity index (χ1v) is 14.8. The number of carbonyl (C=O) groups excluding carboxylic acids is 1. The summed E-state index contributed by atoms with van der Waals surface area (Å²) in [7, 11) is -7.38. The van der Waals surface area contributed by atoms with Crippen LogP contribution in [0.25, 0.3) is 0 Å². The fourth-order valence-corrected chi connectivity index (χ4v) is 5.91. The van der Waals surface area contributed by atoms with E-state index in [-0.39, 0.29) is 34.9 Å². The molecule has 1 fully saturated rings. The van der Waals surface area contributed by atoms with Crippen molar-refractivity contribution in [2.45, 2.75) is 11.8 Å². The van der Waals surface area contributed by atoms with Crippen molar-refractivity contribution in [2.24, 2.45) is 0 Å². The van der Waals surface area contributed by atoms with Crippen LogP contribution in [-0.2, 0) is 20.0 Å². The number of rotatable bonds is 7. The quantitative estimate of drug-likeness (QED) is 0.442. The molecular formula is C24H25N7O5S2. The Morgan fingerprint density at radius 1 is 0.974 bits per heavy atom. The normalized spacial score (nSPS) is 14.5. The number of carbonyl (C=O) groups is 1. The van der Waals surface area contributed by atoms with Crippen LogP contribution in [0, 0.1) is 18.3 Å². The molecule has 12 nitrogen and oxygen atoms in total. The predicted octanol–water partition coefficient (Wildman–Crippen LogP) is 1.79. The van der Waals surface area contributed by atoms with Crippen LogP contribution in [0.5, 0.6) is 0 Å². The molecule has 0 aliphatic carbocycles. The number of amides is 1. The molecule has 14 heteroatoms. The molecule has 1 saturated heterocycles. The van der Waals surface area contributed by atoms with Crippen LogP contribution in [0.4, 0.5) is 17.3 Å². The maximum atomic E-state index is 13.2. The summed E-state index contributed by atoms with van der Waals surface area (Å²) in [5.41, 5.74) is 1.50. The van der Waals surface area contributed by atoms with Crippen LogP contribution >= 0.6 is 0 Å². The molecule has 2 aromatic carbocycles. The molecule has 38 heavy (non-hydrogen) atoms. The minimum atomic E-state index is -3.79.